The first-order valence-corrected chi connectivity index (χ1v) is 22.4. The van der Waals surface area contributed by atoms with Gasteiger partial charge in [0.2, 0.25) is 0 Å². The van der Waals surface area contributed by atoms with Gasteiger partial charge >= 0.3 is 0 Å². The van der Waals surface area contributed by atoms with Crippen LogP contribution >= 0.6 is 0 Å². The molecule has 1 aliphatic carbocycles. The zero-order chi connectivity index (χ0) is 42.4. The van der Waals surface area contributed by atoms with Crippen molar-refractivity contribution in [1.29, 1.82) is 0 Å². The Hall–Kier alpha value is -8.60. The number of anilines is 3. The highest BCUT2D eigenvalue weighted by Gasteiger charge is 2.50. The number of para-hydroxylation sites is 5. The van der Waals surface area contributed by atoms with Crippen molar-refractivity contribution in [2.24, 2.45) is 0 Å². The fraction of sp³-hybridized carbons (Fsp3) is 0.0164. The van der Waals surface area contributed by atoms with Crippen molar-refractivity contribution >= 4 is 82.6 Å². The minimum Gasteiger partial charge on any atom is -0.456 e. The summed E-state index contributed by atoms with van der Waals surface area (Å²) in [6, 6.07) is 82.6. The maximum Gasteiger partial charge on any atom is 0.137 e. The second-order valence-corrected chi connectivity index (χ2v) is 17.6. The molecule has 0 radical (unpaired) electrons. The van der Waals surface area contributed by atoms with Gasteiger partial charge in [0.15, 0.2) is 0 Å². The first kappa shape index (κ1) is 34.9. The summed E-state index contributed by atoms with van der Waals surface area (Å²) in [4.78, 5) is 2.40. The van der Waals surface area contributed by atoms with E-state index in [1.807, 2.05) is 6.07 Å². The van der Waals surface area contributed by atoms with E-state index in [0.29, 0.717) is 0 Å². The molecule has 302 valence electrons. The van der Waals surface area contributed by atoms with Crippen LogP contribution in [0.4, 0.5) is 17.1 Å². The molecule has 4 nitrogen and oxygen atoms in total. The van der Waals surface area contributed by atoms with Crippen LogP contribution in [0, 0.1) is 0 Å². The van der Waals surface area contributed by atoms with Crippen molar-refractivity contribution in [2.45, 2.75) is 5.41 Å². The van der Waals surface area contributed by atoms with Gasteiger partial charge in [0.1, 0.15) is 11.2 Å². The largest absolute Gasteiger partial charge is 0.456 e. The maximum atomic E-state index is 6.55. The molecule has 2 aliphatic rings. The van der Waals surface area contributed by atoms with Crippen LogP contribution in [0.1, 0.15) is 22.3 Å². The summed E-state index contributed by atoms with van der Waals surface area (Å²) in [6.45, 7) is 0. The molecule has 0 atom stereocenters. The standard InChI is InChI=1S/C61H37N3O/c1-6-23-50-42(17-1)43-18-2-7-24-51(43)61(50)52-25-8-11-29-57(52)64-56-34-32-40(36-49(56)48-22-14-26-53(61)60(48)64)62(41-31-33-47-46-21-5-12-30-58(46)65-59(47)37-41)38-15-13-16-39(35-38)63-54-27-9-3-19-44(54)45-20-4-10-28-55(45)63/h1-37H. The topological polar surface area (TPSA) is 26.2 Å². The highest BCUT2D eigenvalue weighted by Crippen LogP contribution is 2.61. The van der Waals surface area contributed by atoms with E-state index in [0.717, 1.165) is 44.7 Å². The predicted molar refractivity (Wildman–Crippen MR) is 268 cm³/mol. The summed E-state index contributed by atoms with van der Waals surface area (Å²) < 4.78 is 11.5. The maximum absolute atomic E-state index is 6.55. The van der Waals surface area contributed by atoms with E-state index in [1.54, 1.807) is 0 Å². The molecule has 0 N–H and O–H groups in total. The van der Waals surface area contributed by atoms with Crippen LogP contribution in [0.2, 0.25) is 0 Å². The lowest BCUT2D eigenvalue weighted by Gasteiger charge is -2.39. The Bertz CT molecular complexity index is 4060. The second-order valence-electron chi connectivity index (χ2n) is 17.6. The molecule has 65 heavy (non-hydrogen) atoms. The molecule has 4 heterocycles. The van der Waals surface area contributed by atoms with Crippen molar-refractivity contribution in [3.8, 4) is 22.5 Å². The molecule has 0 saturated carbocycles. The summed E-state index contributed by atoms with van der Waals surface area (Å²) in [7, 11) is 0. The van der Waals surface area contributed by atoms with Crippen LogP contribution in [0.25, 0.3) is 88.1 Å². The molecule has 0 unspecified atom stereocenters. The Morgan fingerprint density at radius 3 is 1.68 bits per heavy atom. The highest BCUT2D eigenvalue weighted by atomic mass is 16.3. The number of benzene rings is 10. The van der Waals surface area contributed by atoms with Crippen LogP contribution < -0.4 is 4.90 Å². The molecular formula is C61H37N3O. The van der Waals surface area contributed by atoms with Crippen LogP contribution in [-0.4, -0.2) is 9.13 Å². The molecule has 0 amide bonds. The summed E-state index contributed by atoms with van der Waals surface area (Å²) in [6.07, 6.45) is 0. The monoisotopic (exact) mass is 827 g/mol. The van der Waals surface area contributed by atoms with Crippen LogP contribution in [-0.2, 0) is 5.41 Å². The first-order chi connectivity index (χ1) is 32.3. The molecule has 4 heteroatoms. The number of aromatic nitrogens is 2. The van der Waals surface area contributed by atoms with Crippen LogP contribution in [0.15, 0.2) is 229 Å². The Balaban J connectivity index is 0.996. The van der Waals surface area contributed by atoms with E-state index in [-0.39, 0.29) is 0 Å². The lowest BCUT2D eigenvalue weighted by Crippen LogP contribution is -2.33. The van der Waals surface area contributed by atoms with Gasteiger partial charge in [0.05, 0.1) is 33.2 Å². The molecule has 13 aromatic rings. The average Bonchev–Trinajstić information content (AvgIpc) is 4.10. The first-order valence-electron chi connectivity index (χ1n) is 22.4. The van der Waals surface area contributed by atoms with Crippen molar-refractivity contribution in [2.75, 3.05) is 4.90 Å². The van der Waals surface area contributed by atoms with Crippen molar-refractivity contribution < 1.29 is 4.42 Å². The summed E-state index contributed by atoms with van der Waals surface area (Å²) in [5.74, 6) is 0. The van der Waals surface area contributed by atoms with E-state index >= 15 is 0 Å². The molecule has 0 saturated heterocycles. The summed E-state index contributed by atoms with van der Waals surface area (Å²) >= 11 is 0. The predicted octanol–water partition coefficient (Wildman–Crippen LogP) is 15.9. The van der Waals surface area contributed by atoms with Crippen molar-refractivity contribution in [1.82, 2.24) is 9.13 Å². The molecule has 0 bridgehead atoms. The molecule has 1 aliphatic heterocycles. The molecule has 3 aromatic heterocycles. The van der Waals surface area contributed by atoms with E-state index in [1.165, 1.54) is 82.7 Å². The van der Waals surface area contributed by atoms with Crippen LogP contribution in [0.5, 0.6) is 0 Å². The third kappa shape index (κ3) is 4.50. The quantitative estimate of drug-likeness (QED) is 0.177. The van der Waals surface area contributed by atoms with E-state index in [4.69, 9.17) is 4.42 Å². The Morgan fingerprint density at radius 2 is 0.892 bits per heavy atom. The zero-order valence-corrected chi connectivity index (χ0v) is 35.1. The SMILES string of the molecule is c1cc(N(c2ccc3c(c2)oc2ccccc23)c2ccc3c(c2)c2cccc4c2n3-c2ccccc2C42c3ccccc3-c3ccccc32)cc(-n2c3ccccc3c3ccccc32)c1. The third-order valence-corrected chi connectivity index (χ3v) is 14.5. The third-order valence-electron chi connectivity index (χ3n) is 14.5. The molecule has 0 fully saturated rings. The number of hydrogen-bond donors (Lipinski definition) is 0. The summed E-state index contributed by atoms with van der Waals surface area (Å²) in [5, 5.41) is 7.16. The van der Waals surface area contributed by atoms with Gasteiger partial charge in [0, 0.05) is 61.1 Å². The zero-order valence-electron chi connectivity index (χ0n) is 35.1. The molecule has 10 aromatic carbocycles. The number of nitrogens with zero attached hydrogens (tertiary/aromatic N) is 3. The second kappa shape index (κ2) is 12.7. The normalized spacial score (nSPS) is 13.4. The van der Waals surface area contributed by atoms with Crippen molar-refractivity contribution in [3.63, 3.8) is 0 Å². The number of furan rings is 1. The number of rotatable bonds is 4. The van der Waals surface area contributed by atoms with Gasteiger partial charge in [-0.1, -0.05) is 146 Å². The van der Waals surface area contributed by atoms with Gasteiger partial charge in [-0.05, 0) is 106 Å². The van der Waals surface area contributed by atoms with Crippen molar-refractivity contribution in [3.05, 3.63) is 247 Å². The fourth-order valence-electron chi connectivity index (χ4n) is 12.0. The minimum absolute atomic E-state index is 0.461. The van der Waals surface area contributed by atoms with Gasteiger partial charge in [-0.3, -0.25) is 0 Å². The minimum atomic E-state index is -0.461. The molecule has 1 spiro atoms. The highest BCUT2D eigenvalue weighted by molar-refractivity contribution is 6.14. The van der Waals surface area contributed by atoms with E-state index in [9.17, 15) is 0 Å². The Morgan fingerprint density at radius 1 is 0.338 bits per heavy atom. The lowest BCUT2D eigenvalue weighted by molar-refractivity contribution is 0.669. The van der Waals surface area contributed by atoms with E-state index in [2.05, 4.69) is 232 Å². The Kier molecular flexibility index (Phi) is 6.85. The van der Waals surface area contributed by atoms with Gasteiger partial charge in [0.25, 0.3) is 0 Å². The average molecular weight is 828 g/mol. The summed E-state index contributed by atoms with van der Waals surface area (Å²) in [5.41, 5.74) is 19.5. The van der Waals surface area contributed by atoms with Gasteiger partial charge in [-0.2, -0.15) is 0 Å². The Labute approximate surface area is 374 Å². The lowest BCUT2D eigenvalue weighted by atomic mass is 9.65. The van der Waals surface area contributed by atoms with Gasteiger partial charge in [-0.25, -0.2) is 0 Å². The van der Waals surface area contributed by atoms with E-state index < -0.39 is 5.41 Å². The molecular weight excluding hydrogens is 791 g/mol. The smallest absolute Gasteiger partial charge is 0.137 e. The molecule has 15 rings (SSSR count). The van der Waals surface area contributed by atoms with Gasteiger partial charge < -0.3 is 18.5 Å². The number of hydrogen-bond acceptors (Lipinski definition) is 2. The van der Waals surface area contributed by atoms with Crippen LogP contribution in [0.3, 0.4) is 0 Å². The van der Waals surface area contributed by atoms with Gasteiger partial charge in [-0.15, -0.1) is 0 Å². The fourth-order valence-corrected chi connectivity index (χ4v) is 12.0. The number of fused-ring (bicyclic) bond motifs is 18.